The Morgan fingerprint density at radius 3 is 2.19 bits per heavy atom. The number of nitrogens with zero attached hydrogens (tertiary/aromatic N) is 2. The number of carbonyl (C=O) groups is 3. The number of quaternary nitrogens is 1. The molecule has 1 fully saturated rings. The molecule has 2 aromatic carbocycles. The van der Waals surface area contributed by atoms with Crippen LogP contribution in [-0.2, 0) is 9.59 Å². The van der Waals surface area contributed by atoms with Crippen LogP contribution in [0.4, 0.5) is 11.4 Å². The molecule has 0 saturated carbocycles. The number of anilines is 2. The summed E-state index contributed by atoms with van der Waals surface area (Å²) < 4.78 is 0. The lowest BCUT2D eigenvalue weighted by atomic mass is 10.1. The Morgan fingerprint density at radius 1 is 1.00 bits per heavy atom. The van der Waals surface area contributed by atoms with E-state index >= 15 is 0 Å². The van der Waals surface area contributed by atoms with E-state index in [0.29, 0.717) is 12.1 Å². The van der Waals surface area contributed by atoms with E-state index in [0.717, 1.165) is 43.1 Å². The fraction of sp³-hybridized carbons (Fsp3) is 0.375. The standard InChI is InChI=1S/C24H30N4O3/c1-18-4-8-21(9-5-18)25-23(30)16-26(3)24(31)17-27-12-14-28(15-13-27)22-10-6-20(7-11-22)19(2)29/h4-11H,12-17H2,1-3H3,(H,25,30)/p+1. The van der Waals surface area contributed by atoms with Gasteiger partial charge < -0.3 is 20.0 Å². The normalized spacial score (nSPS) is 14.2. The number of benzene rings is 2. The van der Waals surface area contributed by atoms with E-state index in [2.05, 4.69) is 10.2 Å². The third-order valence-corrected chi connectivity index (χ3v) is 5.65. The molecule has 1 heterocycles. The maximum absolute atomic E-state index is 12.6. The molecule has 164 valence electrons. The number of hydrogen-bond acceptors (Lipinski definition) is 4. The highest BCUT2D eigenvalue weighted by Gasteiger charge is 2.24. The van der Waals surface area contributed by atoms with E-state index in [1.165, 1.54) is 9.80 Å². The Balaban J connectivity index is 1.43. The zero-order valence-corrected chi connectivity index (χ0v) is 18.5. The van der Waals surface area contributed by atoms with Crippen molar-refractivity contribution in [3.63, 3.8) is 0 Å². The summed E-state index contributed by atoms with van der Waals surface area (Å²) in [4.78, 5) is 41.2. The van der Waals surface area contributed by atoms with Gasteiger partial charge in [-0.3, -0.25) is 14.4 Å². The van der Waals surface area contributed by atoms with Crippen molar-refractivity contribution in [2.75, 3.05) is 56.5 Å². The van der Waals surface area contributed by atoms with Gasteiger partial charge >= 0.3 is 0 Å². The first-order valence-corrected chi connectivity index (χ1v) is 10.6. The molecule has 0 aliphatic carbocycles. The van der Waals surface area contributed by atoms with Crippen molar-refractivity contribution >= 4 is 29.0 Å². The van der Waals surface area contributed by atoms with Gasteiger partial charge in [0.2, 0.25) is 5.91 Å². The first-order chi connectivity index (χ1) is 14.8. The van der Waals surface area contributed by atoms with Gasteiger partial charge in [-0.25, -0.2) is 0 Å². The third kappa shape index (κ3) is 6.39. The lowest BCUT2D eigenvalue weighted by Gasteiger charge is -2.34. The molecule has 3 rings (SSSR count). The molecule has 1 aliphatic heterocycles. The Bertz CT molecular complexity index is 917. The molecule has 7 heteroatoms. The lowest BCUT2D eigenvalue weighted by molar-refractivity contribution is -0.892. The molecule has 31 heavy (non-hydrogen) atoms. The summed E-state index contributed by atoms with van der Waals surface area (Å²) in [6, 6.07) is 15.3. The number of hydrogen-bond donors (Lipinski definition) is 2. The summed E-state index contributed by atoms with van der Waals surface area (Å²) in [6.45, 7) is 7.37. The molecular weight excluding hydrogens is 392 g/mol. The fourth-order valence-electron chi connectivity index (χ4n) is 3.65. The van der Waals surface area contributed by atoms with E-state index in [1.807, 2.05) is 55.5 Å². The van der Waals surface area contributed by atoms with Crippen molar-refractivity contribution in [1.29, 1.82) is 0 Å². The second-order valence-electron chi connectivity index (χ2n) is 8.18. The van der Waals surface area contributed by atoms with Crippen LogP contribution in [0.1, 0.15) is 22.8 Å². The Morgan fingerprint density at radius 2 is 1.61 bits per heavy atom. The number of nitrogens with one attached hydrogen (secondary N) is 2. The molecule has 2 N–H and O–H groups in total. The number of ketones is 1. The van der Waals surface area contributed by atoms with Gasteiger partial charge in [-0.2, -0.15) is 0 Å². The third-order valence-electron chi connectivity index (χ3n) is 5.65. The van der Waals surface area contributed by atoms with E-state index in [9.17, 15) is 14.4 Å². The van der Waals surface area contributed by atoms with Crippen LogP contribution in [0.2, 0.25) is 0 Å². The topological polar surface area (TPSA) is 74.2 Å². The van der Waals surface area contributed by atoms with Crippen LogP contribution in [0.3, 0.4) is 0 Å². The van der Waals surface area contributed by atoms with Crippen LogP contribution >= 0.6 is 0 Å². The second kappa shape index (κ2) is 10.2. The van der Waals surface area contributed by atoms with Crippen LogP contribution < -0.4 is 15.1 Å². The van der Waals surface area contributed by atoms with Crippen molar-refractivity contribution in [1.82, 2.24) is 4.90 Å². The van der Waals surface area contributed by atoms with Gasteiger partial charge in [-0.05, 0) is 50.2 Å². The van der Waals surface area contributed by atoms with Gasteiger partial charge in [0.15, 0.2) is 12.3 Å². The molecule has 7 nitrogen and oxygen atoms in total. The van der Waals surface area contributed by atoms with Crippen molar-refractivity contribution < 1.29 is 19.3 Å². The summed E-state index contributed by atoms with van der Waals surface area (Å²) in [5, 5.41) is 2.83. The molecule has 2 amide bonds. The highest BCUT2D eigenvalue weighted by molar-refractivity contribution is 5.95. The van der Waals surface area contributed by atoms with E-state index in [-0.39, 0.29) is 24.1 Å². The van der Waals surface area contributed by atoms with Crippen LogP contribution in [0.5, 0.6) is 0 Å². The highest BCUT2D eigenvalue weighted by Crippen LogP contribution is 2.15. The number of carbonyl (C=O) groups excluding carboxylic acids is 3. The minimum Gasteiger partial charge on any atom is -0.360 e. The molecule has 0 aromatic heterocycles. The molecular formula is C24H31N4O3+. The predicted octanol–water partition coefficient (Wildman–Crippen LogP) is 1.000. The van der Waals surface area contributed by atoms with Crippen molar-refractivity contribution in [3.8, 4) is 0 Å². The average molecular weight is 424 g/mol. The zero-order valence-electron chi connectivity index (χ0n) is 18.5. The van der Waals surface area contributed by atoms with Gasteiger partial charge in [-0.15, -0.1) is 0 Å². The number of Topliss-reactive ketones (excluding diaryl/α,β-unsaturated/α-hetero) is 1. The number of piperazine rings is 1. The first-order valence-electron chi connectivity index (χ1n) is 10.6. The van der Waals surface area contributed by atoms with Gasteiger partial charge in [0.05, 0.1) is 32.7 Å². The van der Waals surface area contributed by atoms with Crippen LogP contribution in [-0.4, -0.2) is 68.8 Å². The van der Waals surface area contributed by atoms with Crippen molar-refractivity contribution in [3.05, 3.63) is 59.7 Å². The van der Waals surface area contributed by atoms with E-state index in [4.69, 9.17) is 0 Å². The molecule has 0 radical (unpaired) electrons. The average Bonchev–Trinajstić information content (AvgIpc) is 2.76. The molecule has 2 aromatic rings. The summed E-state index contributed by atoms with van der Waals surface area (Å²) in [7, 11) is 1.67. The monoisotopic (exact) mass is 423 g/mol. The maximum Gasteiger partial charge on any atom is 0.277 e. The smallest absolute Gasteiger partial charge is 0.277 e. The second-order valence-corrected chi connectivity index (χ2v) is 8.18. The van der Waals surface area contributed by atoms with Crippen LogP contribution in [0, 0.1) is 6.92 Å². The molecule has 0 unspecified atom stereocenters. The molecule has 0 atom stereocenters. The Hall–Kier alpha value is -3.19. The maximum atomic E-state index is 12.6. The number of rotatable bonds is 7. The summed E-state index contributed by atoms with van der Waals surface area (Å²) >= 11 is 0. The first kappa shape index (κ1) is 22.5. The predicted molar refractivity (Wildman–Crippen MR) is 122 cm³/mol. The van der Waals surface area contributed by atoms with Gasteiger partial charge in [0.1, 0.15) is 0 Å². The van der Waals surface area contributed by atoms with Gasteiger partial charge in [0.25, 0.3) is 5.91 Å². The van der Waals surface area contributed by atoms with E-state index in [1.54, 1.807) is 14.0 Å². The van der Waals surface area contributed by atoms with Crippen LogP contribution in [0.25, 0.3) is 0 Å². The molecule has 1 saturated heterocycles. The quantitative estimate of drug-likeness (QED) is 0.652. The van der Waals surface area contributed by atoms with Crippen molar-refractivity contribution in [2.24, 2.45) is 0 Å². The number of amides is 2. The summed E-state index contributed by atoms with van der Waals surface area (Å²) in [5.41, 5.74) is 3.67. The minimum atomic E-state index is -0.200. The van der Waals surface area contributed by atoms with Gasteiger partial charge in [-0.1, -0.05) is 17.7 Å². The Labute approximate surface area is 183 Å². The number of aryl methyl sites for hydroxylation is 1. The van der Waals surface area contributed by atoms with Gasteiger partial charge in [0, 0.05) is 24.0 Å². The summed E-state index contributed by atoms with van der Waals surface area (Å²) in [5.74, 6) is -0.169. The zero-order chi connectivity index (χ0) is 22.4. The number of likely N-dealkylation sites (N-methyl/N-ethyl adjacent to an activating group) is 1. The summed E-state index contributed by atoms with van der Waals surface area (Å²) in [6.07, 6.45) is 0. The lowest BCUT2D eigenvalue weighted by Crippen LogP contribution is -3.15. The molecule has 1 aliphatic rings. The molecule has 0 bridgehead atoms. The SMILES string of the molecule is CC(=O)c1ccc(N2CC[NH+](CC(=O)N(C)CC(=O)Nc3ccc(C)cc3)CC2)cc1. The Kier molecular flexibility index (Phi) is 7.41. The fourth-order valence-corrected chi connectivity index (χ4v) is 3.65. The minimum absolute atomic E-state index is 0.0340. The molecule has 0 spiro atoms. The largest absolute Gasteiger partial charge is 0.360 e. The van der Waals surface area contributed by atoms with E-state index < -0.39 is 0 Å². The highest BCUT2D eigenvalue weighted by atomic mass is 16.2. The van der Waals surface area contributed by atoms with Crippen molar-refractivity contribution in [2.45, 2.75) is 13.8 Å². The van der Waals surface area contributed by atoms with Crippen LogP contribution in [0.15, 0.2) is 48.5 Å².